The Morgan fingerprint density at radius 1 is 1.12 bits per heavy atom. The molecule has 0 unspecified atom stereocenters. The molecule has 0 aliphatic heterocycles. The van der Waals surface area contributed by atoms with E-state index in [-0.39, 0.29) is 18.4 Å². The maximum absolute atomic E-state index is 12.2. The van der Waals surface area contributed by atoms with Crippen molar-refractivity contribution in [3.63, 3.8) is 0 Å². The lowest BCUT2D eigenvalue weighted by Crippen LogP contribution is -2.33. The van der Waals surface area contributed by atoms with Crippen LogP contribution in [0.2, 0.25) is 0 Å². The minimum absolute atomic E-state index is 0.127. The molecule has 7 heteroatoms. The van der Waals surface area contributed by atoms with Gasteiger partial charge in [-0.15, -0.1) is 0 Å². The molecule has 5 nitrogen and oxygen atoms in total. The Morgan fingerprint density at radius 3 is 2.54 bits per heavy atom. The van der Waals surface area contributed by atoms with E-state index < -0.39 is 0 Å². The van der Waals surface area contributed by atoms with Gasteiger partial charge in [-0.25, -0.2) is 0 Å². The summed E-state index contributed by atoms with van der Waals surface area (Å²) >= 11 is 6.69. The molecule has 2 N–H and O–H groups in total. The molecule has 0 fully saturated rings. The molecule has 0 aliphatic carbocycles. The molecule has 126 valence electrons. The van der Waals surface area contributed by atoms with E-state index >= 15 is 0 Å². The Labute approximate surface area is 157 Å². The van der Waals surface area contributed by atoms with Crippen molar-refractivity contribution >= 4 is 49.4 Å². The number of nitrogens with one attached hydrogen (secondary N) is 2. The van der Waals surface area contributed by atoms with Crippen LogP contribution in [-0.4, -0.2) is 25.5 Å². The average molecular weight is 456 g/mol. The fourth-order valence-electron chi connectivity index (χ4n) is 2.02. The Kier molecular flexibility index (Phi) is 6.39. The van der Waals surface area contributed by atoms with Gasteiger partial charge >= 0.3 is 0 Å². The molecule has 0 saturated heterocycles. The van der Waals surface area contributed by atoms with Gasteiger partial charge in [-0.3, -0.25) is 9.59 Å². The summed E-state index contributed by atoms with van der Waals surface area (Å²) in [5.41, 5.74) is 2.04. The highest BCUT2D eigenvalue weighted by molar-refractivity contribution is 9.10. The van der Waals surface area contributed by atoms with Crippen molar-refractivity contribution in [2.24, 2.45) is 0 Å². The number of halogens is 2. The second-order valence-corrected chi connectivity index (χ2v) is 6.81. The molecule has 0 heterocycles. The van der Waals surface area contributed by atoms with Crippen LogP contribution in [0.25, 0.3) is 0 Å². The van der Waals surface area contributed by atoms with Gasteiger partial charge in [-0.2, -0.15) is 0 Å². The zero-order valence-electron chi connectivity index (χ0n) is 13.2. The average Bonchev–Trinajstić information content (AvgIpc) is 2.55. The molecule has 0 aromatic heterocycles. The summed E-state index contributed by atoms with van der Waals surface area (Å²) in [5.74, 6) is -0.0884. The van der Waals surface area contributed by atoms with Crippen LogP contribution in [0.1, 0.15) is 15.9 Å². The summed E-state index contributed by atoms with van der Waals surface area (Å²) in [4.78, 5) is 24.2. The van der Waals surface area contributed by atoms with Crippen molar-refractivity contribution in [1.82, 2.24) is 5.32 Å². The SMILES string of the molecule is COc1ccc(Br)c(C(=O)NCC(=O)Nc2ccc(Br)cc2C)c1. The van der Waals surface area contributed by atoms with Crippen LogP contribution in [-0.2, 0) is 4.79 Å². The summed E-state index contributed by atoms with van der Waals surface area (Å²) in [6.45, 7) is 1.77. The number of anilines is 1. The number of methoxy groups -OCH3 is 1. The molecule has 0 spiro atoms. The third-order valence-corrected chi connectivity index (χ3v) is 4.47. The van der Waals surface area contributed by atoms with Crippen molar-refractivity contribution in [3.8, 4) is 5.75 Å². The Morgan fingerprint density at radius 2 is 1.88 bits per heavy atom. The van der Waals surface area contributed by atoms with Gasteiger partial charge in [0.2, 0.25) is 5.91 Å². The van der Waals surface area contributed by atoms with Gasteiger partial charge in [0.25, 0.3) is 5.91 Å². The zero-order valence-corrected chi connectivity index (χ0v) is 16.3. The van der Waals surface area contributed by atoms with E-state index in [4.69, 9.17) is 4.74 Å². The predicted octanol–water partition coefficient (Wildman–Crippen LogP) is 3.90. The monoisotopic (exact) mass is 454 g/mol. The number of carbonyl (C=O) groups is 2. The normalized spacial score (nSPS) is 10.2. The molecule has 2 aromatic carbocycles. The highest BCUT2D eigenvalue weighted by Gasteiger charge is 2.13. The first-order valence-corrected chi connectivity index (χ1v) is 8.67. The quantitative estimate of drug-likeness (QED) is 0.718. The standard InChI is InChI=1S/C17H16Br2N2O3/c1-10-7-11(18)3-6-15(10)21-16(22)9-20-17(23)13-8-12(24-2)4-5-14(13)19/h3-8H,9H2,1-2H3,(H,20,23)(H,21,22). The second-order valence-electron chi connectivity index (χ2n) is 5.04. The van der Waals surface area contributed by atoms with Gasteiger partial charge in [0, 0.05) is 14.6 Å². The number of ether oxygens (including phenoxy) is 1. The Hall–Kier alpha value is -1.86. The van der Waals surface area contributed by atoms with Crippen molar-refractivity contribution in [2.45, 2.75) is 6.92 Å². The second kappa shape index (κ2) is 8.30. The fourth-order valence-corrected chi connectivity index (χ4v) is 2.93. The van der Waals surface area contributed by atoms with Crippen molar-refractivity contribution in [3.05, 3.63) is 56.5 Å². The minimum Gasteiger partial charge on any atom is -0.497 e. The van der Waals surface area contributed by atoms with Crippen LogP contribution in [0.4, 0.5) is 5.69 Å². The fraction of sp³-hybridized carbons (Fsp3) is 0.176. The van der Waals surface area contributed by atoms with Crippen molar-refractivity contribution in [1.29, 1.82) is 0 Å². The van der Waals surface area contributed by atoms with Gasteiger partial charge in [0.15, 0.2) is 0 Å². The number of hydrogen-bond donors (Lipinski definition) is 2. The van der Waals surface area contributed by atoms with Crippen LogP contribution < -0.4 is 15.4 Å². The first-order valence-electron chi connectivity index (χ1n) is 7.08. The number of amides is 2. The van der Waals surface area contributed by atoms with Gasteiger partial charge in [-0.05, 0) is 64.8 Å². The Bertz CT molecular complexity index is 778. The minimum atomic E-state index is -0.358. The van der Waals surface area contributed by atoms with E-state index in [1.165, 1.54) is 7.11 Å². The van der Waals surface area contributed by atoms with Gasteiger partial charge in [-0.1, -0.05) is 15.9 Å². The van der Waals surface area contributed by atoms with Crippen LogP contribution in [0.15, 0.2) is 45.3 Å². The summed E-state index contributed by atoms with van der Waals surface area (Å²) in [5, 5.41) is 5.37. The molecule has 0 aliphatic rings. The molecule has 2 aromatic rings. The van der Waals surface area contributed by atoms with Crippen molar-refractivity contribution in [2.75, 3.05) is 19.0 Å². The lowest BCUT2D eigenvalue weighted by atomic mass is 10.2. The number of benzene rings is 2. The van der Waals surface area contributed by atoms with E-state index in [1.54, 1.807) is 24.3 Å². The first kappa shape index (κ1) is 18.5. The van der Waals surface area contributed by atoms with E-state index in [2.05, 4.69) is 42.5 Å². The van der Waals surface area contributed by atoms with Crippen LogP contribution in [0.5, 0.6) is 5.75 Å². The maximum Gasteiger partial charge on any atom is 0.252 e. The largest absolute Gasteiger partial charge is 0.497 e. The molecular weight excluding hydrogens is 440 g/mol. The summed E-state index contributed by atoms with van der Waals surface area (Å²) < 4.78 is 6.67. The lowest BCUT2D eigenvalue weighted by molar-refractivity contribution is -0.115. The number of aryl methyl sites for hydroxylation is 1. The maximum atomic E-state index is 12.2. The van der Waals surface area contributed by atoms with Gasteiger partial charge < -0.3 is 15.4 Å². The molecule has 0 saturated carbocycles. The molecule has 0 atom stereocenters. The van der Waals surface area contributed by atoms with E-state index in [1.807, 2.05) is 19.1 Å². The van der Waals surface area contributed by atoms with Gasteiger partial charge in [0.1, 0.15) is 5.75 Å². The van der Waals surface area contributed by atoms with E-state index in [0.717, 1.165) is 10.0 Å². The smallest absolute Gasteiger partial charge is 0.252 e. The highest BCUT2D eigenvalue weighted by Crippen LogP contribution is 2.22. The first-order chi connectivity index (χ1) is 11.4. The van der Waals surface area contributed by atoms with E-state index in [0.29, 0.717) is 21.5 Å². The molecular formula is C17H16Br2N2O3. The lowest BCUT2D eigenvalue weighted by Gasteiger charge is -2.11. The van der Waals surface area contributed by atoms with Crippen LogP contribution in [0, 0.1) is 6.92 Å². The van der Waals surface area contributed by atoms with Crippen LogP contribution in [0.3, 0.4) is 0 Å². The number of hydrogen-bond acceptors (Lipinski definition) is 3. The number of carbonyl (C=O) groups excluding carboxylic acids is 2. The van der Waals surface area contributed by atoms with Gasteiger partial charge in [0.05, 0.1) is 19.2 Å². The number of rotatable bonds is 5. The summed E-state index contributed by atoms with van der Waals surface area (Å²) in [6.07, 6.45) is 0. The molecule has 0 radical (unpaired) electrons. The summed E-state index contributed by atoms with van der Waals surface area (Å²) in [7, 11) is 1.53. The Balaban J connectivity index is 1.97. The third kappa shape index (κ3) is 4.82. The molecule has 2 rings (SSSR count). The summed E-state index contributed by atoms with van der Waals surface area (Å²) in [6, 6.07) is 10.6. The topological polar surface area (TPSA) is 67.4 Å². The van der Waals surface area contributed by atoms with E-state index in [9.17, 15) is 9.59 Å². The molecule has 24 heavy (non-hydrogen) atoms. The third-order valence-electron chi connectivity index (χ3n) is 3.29. The highest BCUT2D eigenvalue weighted by atomic mass is 79.9. The van der Waals surface area contributed by atoms with Crippen molar-refractivity contribution < 1.29 is 14.3 Å². The molecule has 0 bridgehead atoms. The zero-order chi connectivity index (χ0) is 17.7. The molecule has 2 amide bonds. The van der Waals surface area contributed by atoms with Crippen LogP contribution >= 0.6 is 31.9 Å². The predicted molar refractivity (Wildman–Crippen MR) is 101 cm³/mol.